The molecular weight excluding hydrogens is 338 g/mol. The Labute approximate surface area is 164 Å². The van der Waals surface area contributed by atoms with Gasteiger partial charge < -0.3 is 9.84 Å². The maximum atomic E-state index is 11.8. The van der Waals surface area contributed by atoms with Crippen LogP contribution in [0.25, 0.3) is 0 Å². The van der Waals surface area contributed by atoms with Crippen LogP contribution in [0.4, 0.5) is 0 Å². The standard InChI is InChI=1S/C23H37NO3/c1-3-4-5-6-7-8-9-10-14-17-21-24(18-22(25)27-21)19(2)23(26)20-15-12-11-13-16-20/h11-13,15-16,19,21,23,26H,3-10,14,17-18H2,1-2H3/t19-,21?,23-/m1/s1. The molecule has 2 rings (SSSR count). The lowest BCUT2D eigenvalue weighted by atomic mass is 10.0. The molecule has 1 aromatic carbocycles. The lowest BCUT2D eigenvalue weighted by Crippen LogP contribution is -2.41. The van der Waals surface area contributed by atoms with Gasteiger partial charge in [0, 0.05) is 6.04 Å². The fourth-order valence-electron chi connectivity index (χ4n) is 3.88. The second-order valence-corrected chi connectivity index (χ2v) is 7.83. The zero-order valence-corrected chi connectivity index (χ0v) is 17.1. The van der Waals surface area contributed by atoms with E-state index < -0.39 is 6.10 Å². The Bertz CT molecular complexity index is 534. The van der Waals surface area contributed by atoms with Gasteiger partial charge in [-0.1, -0.05) is 88.6 Å². The van der Waals surface area contributed by atoms with Crippen LogP contribution in [0.2, 0.25) is 0 Å². The number of nitrogens with zero attached hydrogens (tertiary/aromatic N) is 1. The number of ether oxygens (including phenoxy) is 1. The van der Waals surface area contributed by atoms with E-state index in [-0.39, 0.29) is 24.8 Å². The van der Waals surface area contributed by atoms with Crippen LogP contribution in [0.1, 0.15) is 89.7 Å². The first-order valence-electron chi connectivity index (χ1n) is 10.8. The number of esters is 1. The third kappa shape index (κ3) is 7.27. The molecule has 0 radical (unpaired) electrons. The molecule has 4 nitrogen and oxygen atoms in total. The van der Waals surface area contributed by atoms with Crippen molar-refractivity contribution in [2.45, 2.75) is 96.4 Å². The van der Waals surface area contributed by atoms with Crippen molar-refractivity contribution >= 4 is 5.97 Å². The minimum atomic E-state index is -0.619. The number of benzene rings is 1. The highest BCUT2D eigenvalue weighted by atomic mass is 16.6. The van der Waals surface area contributed by atoms with Crippen molar-refractivity contribution in [3.05, 3.63) is 35.9 Å². The van der Waals surface area contributed by atoms with E-state index in [1.165, 1.54) is 51.4 Å². The third-order valence-electron chi connectivity index (χ3n) is 5.62. The van der Waals surface area contributed by atoms with Crippen molar-refractivity contribution in [1.82, 2.24) is 4.90 Å². The molecule has 0 aliphatic carbocycles. The number of aliphatic hydroxyl groups is 1. The Balaban J connectivity index is 1.71. The molecule has 0 spiro atoms. The highest BCUT2D eigenvalue weighted by Crippen LogP contribution is 2.27. The molecule has 0 saturated carbocycles. The average molecular weight is 376 g/mol. The summed E-state index contributed by atoms with van der Waals surface area (Å²) in [6.07, 6.45) is 11.6. The van der Waals surface area contributed by atoms with Crippen LogP contribution in [0.3, 0.4) is 0 Å². The van der Waals surface area contributed by atoms with Gasteiger partial charge in [-0.15, -0.1) is 0 Å². The van der Waals surface area contributed by atoms with Gasteiger partial charge >= 0.3 is 5.97 Å². The molecule has 1 aliphatic rings. The van der Waals surface area contributed by atoms with Crippen molar-refractivity contribution in [3.8, 4) is 0 Å². The van der Waals surface area contributed by atoms with Gasteiger partial charge in [0.25, 0.3) is 0 Å². The van der Waals surface area contributed by atoms with E-state index in [1.807, 2.05) is 42.2 Å². The highest BCUT2D eigenvalue weighted by molar-refractivity contribution is 5.73. The minimum absolute atomic E-state index is 0.151. The molecule has 1 N–H and O–H groups in total. The first-order chi connectivity index (χ1) is 13.1. The second-order valence-electron chi connectivity index (χ2n) is 7.83. The summed E-state index contributed by atoms with van der Waals surface area (Å²) >= 11 is 0. The lowest BCUT2D eigenvalue weighted by molar-refractivity contribution is -0.142. The van der Waals surface area contributed by atoms with Gasteiger partial charge in [0.1, 0.15) is 6.54 Å². The van der Waals surface area contributed by atoms with Gasteiger partial charge in [-0.05, 0) is 25.3 Å². The van der Waals surface area contributed by atoms with Crippen LogP contribution in [0.5, 0.6) is 0 Å². The Kier molecular flexibility index (Phi) is 9.85. The number of hydrogen-bond donors (Lipinski definition) is 1. The van der Waals surface area contributed by atoms with Gasteiger partial charge in [-0.3, -0.25) is 9.69 Å². The summed E-state index contributed by atoms with van der Waals surface area (Å²) in [7, 11) is 0. The van der Waals surface area contributed by atoms with E-state index in [0.29, 0.717) is 0 Å². The Morgan fingerprint density at radius 2 is 1.63 bits per heavy atom. The quantitative estimate of drug-likeness (QED) is 0.380. The lowest BCUT2D eigenvalue weighted by Gasteiger charge is -2.31. The number of rotatable bonds is 13. The third-order valence-corrected chi connectivity index (χ3v) is 5.62. The molecule has 1 aliphatic heterocycles. The van der Waals surface area contributed by atoms with Gasteiger partial charge in [0.2, 0.25) is 0 Å². The highest BCUT2D eigenvalue weighted by Gasteiger charge is 2.37. The van der Waals surface area contributed by atoms with Gasteiger partial charge in [0.15, 0.2) is 6.23 Å². The van der Waals surface area contributed by atoms with Crippen molar-refractivity contribution in [3.63, 3.8) is 0 Å². The maximum Gasteiger partial charge on any atom is 0.321 e. The molecule has 1 aromatic rings. The van der Waals surface area contributed by atoms with Crippen molar-refractivity contribution in [1.29, 1.82) is 0 Å². The number of cyclic esters (lactones) is 1. The Morgan fingerprint density at radius 1 is 1.04 bits per heavy atom. The van der Waals surface area contributed by atoms with E-state index in [1.54, 1.807) is 0 Å². The molecule has 1 fully saturated rings. The Morgan fingerprint density at radius 3 is 2.26 bits per heavy atom. The van der Waals surface area contributed by atoms with Crippen LogP contribution in [-0.4, -0.2) is 34.8 Å². The largest absolute Gasteiger partial charge is 0.445 e. The van der Waals surface area contributed by atoms with Gasteiger partial charge in [-0.25, -0.2) is 0 Å². The summed E-state index contributed by atoms with van der Waals surface area (Å²) in [6, 6.07) is 9.50. The van der Waals surface area contributed by atoms with E-state index in [9.17, 15) is 9.90 Å². The SMILES string of the molecule is CCCCCCCCCCCC1OC(=O)CN1[C@H](C)[C@@H](O)c1ccccc1. The predicted octanol–water partition coefficient (Wildman–Crippen LogP) is 5.21. The summed E-state index contributed by atoms with van der Waals surface area (Å²) < 4.78 is 5.53. The molecule has 152 valence electrons. The number of carbonyl (C=O) groups is 1. The zero-order valence-electron chi connectivity index (χ0n) is 17.1. The summed E-state index contributed by atoms with van der Waals surface area (Å²) in [5.41, 5.74) is 0.881. The van der Waals surface area contributed by atoms with E-state index >= 15 is 0 Å². The number of aliphatic hydroxyl groups excluding tert-OH is 1. The molecule has 1 saturated heterocycles. The maximum absolute atomic E-state index is 11.8. The number of carbonyl (C=O) groups excluding carboxylic acids is 1. The summed E-state index contributed by atoms with van der Waals surface area (Å²) in [5.74, 6) is -0.178. The van der Waals surface area contributed by atoms with Crippen molar-refractivity contribution < 1.29 is 14.6 Å². The summed E-state index contributed by atoms with van der Waals surface area (Å²) in [5, 5.41) is 10.7. The molecule has 3 atom stereocenters. The fraction of sp³-hybridized carbons (Fsp3) is 0.696. The predicted molar refractivity (Wildman–Crippen MR) is 109 cm³/mol. The summed E-state index contributed by atoms with van der Waals surface area (Å²) in [6.45, 7) is 4.49. The van der Waals surface area contributed by atoms with Gasteiger partial charge in [0.05, 0.1) is 6.10 Å². The van der Waals surface area contributed by atoms with Crippen LogP contribution >= 0.6 is 0 Å². The Hall–Kier alpha value is -1.39. The molecule has 0 amide bonds. The number of unbranched alkanes of at least 4 members (excludes halogenated alkanes) is 8. The first kappa shape index (κ1) is 21.9. The van der Waals surface area contributed by atoms with Crippen LogP contribution in [0.15, 0.2) is 30.3 Å². The molecule has 4 heteroatoms. The molecule has 1 heterocycles. The van der Waals surface area contributed by atoms with Crippen LogP contribution in [-0.2, 0) is 9.53 Å². The van der Waals surface area contributed by atoms with Crippen molar-refractivity contribution in [2.75, 3.05) is 6.54 Å². The minimum Gasteiger partial charge on any atom is -0.445 e. The van der Waals surface area contributed by atoms with Crippen LogP contribution < -0.4 is 0 Å². The van der Waals surface area contributed by atoms with E-state index in [0.717, 1.165) is 18.4 Å². The van der Waals surface area contributed by atoms with E-state index in [2.05, 4.69) is 6.92 Å². The summed E-state index contributed by atoms with van der Waals surface area (Å²) in [4.78, 5) is 13.9. The zero-order chi connectivity index (χ0) is 19.5. The number of hydrogen-bond acceptors (Lipinski definition) is 4. The average Bonchev–Trinajstić information content (AvgIpc) is 3.06. The molecular formula is C23H37NO3. The second kappa shape index (κ2) is 12.1. The monoisotopic (exact) mass is 375 g/mol. The van der Waals surface area contributed by atoms with Crippen LogP contribution in [0, 0.1) is 0 Å². The molecule has 27 heavy (non-hydrogen) atoms. The molecule has 0 aromatic heterocycles. The fourth-order valence-corrected chi connectivity index (χ4v) is 3.88. The normalized spacial score (nSPS) is 19.8. The van der Waals surface area contributed by atoms with E-state index in [4.69, 9.17) is 4.74 Å². The van der Waals surface area contributed by atoms with Gasteiger partial charge in [-0.2, -0.15) is 0 Å². The molecule has 0 bridgehead atoms. The smallest absolute Gasteiger partial charge is 0.321 e. The first-order valence-corrected chi connectivity index (χ1v) is 10.8. The van der Waals surface area contributed by atoms with Crippen molar-refractivity contribution in [2.24, 2.45) is 0 Å². The molecule has 1 unspecified atom stereocenters. The topological polar surface area (TPSA) is 49.8 Å².